The van der Waals surface area contributed by atoms with E-state index in [4.69, 9.17) is 4.74 Å². The van der Waals surface area contributed by atoms with Crippen LogP contribution < -0.4 is 4.74 Å². The molecule has 0 aliphatic heterocycles. The third kappa shape index (κ3) is 4.66. The van der Waals surface area contributed by atoms with E-state index in [2.05, 4.69) is 9.98 Å². The van der Waals surface area contributed by atoms with E-state index in [0.29, 0.717) is 13.2 Å². The third-order valence-electron chi connectivity index (χ3n) is 2.45. The standard InChI is InChI=1S/C14H14N2O2S/c17-11-15-9-12-10-19-14(16-12)7-4-8-18-13-5-2-1-3-6-13/h1-3,5-6,10H,4,7-9H2. The number of ether oxygens (including phenoxy) is 1. The lowest BCUT2D eigenvalue weighted by molar-refractivity contribution is 0.311. The van der Waals surface area contributed by atoms with Crippen LogP contribution in [-0.2, 0) is 17.8 Å². The number of aliphatic imine (C=N–C) groups is 1. The highest BCUT2D eigenvalue weighted by Crippen LogP contribution is 2.13. The highest BCUT2D eigenvalue weighted by molar-refractivity contribution is 7.09. The molecule has 0 spiro atoms. The van der Waals surface area contributed by atoms with Crippen molar-refractivity contribution in [3.63, 3.8) is 0 Å². The van der Waals surface area contributed by atoms with Crippen molar-refractivity contribution >= 4 is 17.4 Å². The number of rotatable bonds is 7. The molecule has 0 unspecified atom stereocenters. The maximum atomic E-state index is 10.00. The van der Waals surface area contributed by atoms with Crippen molar-refractivity contribution in [1.29, 1.82) is 0 Å². The van der Waals surface area contributed by atoms with Crippen LogP contribution in [0.15, 0.2) is 40.7 Å². The van der Waals surface area contributed by atoms with Crippen LogP contribution in [0.5, 0.6) is 5.75 Å². The molecule has 0 amide bonds. The van der Waals surface area contributed by atoms with Gasteiger partial charge in [0.25, 0.3) is 0 Å². The number of nitrogens with zero attached hydrogens (tertiary/aromatic N) is 2. The lowest BCUT2D eigenvalue weighted by Crippen LogP contribution is -1.99. The summed E-state index contributed by atoms with van der Waals surface area (Å²) in [6, 6.07) is 9.76. The minimum Gasteiger partial charge on any atom is -0.494 e. The van der Waals surface area contributed by atoms with Crippen molar-refractivity contribution in [2.24, 2.45) is 4.99 Å². The van der Waals surface area contributed by atoms with Gasteiger partial charge >= 0.3 is 0 Å². The highest BCUT2D eigenvalue weighted by Gasteiger charge is 2.01. The first-order valence-electron chi connectivity index (χ1n) is 6.03. The fourth-order valence-electron chi connectivity index (χ4n) is 1.58. The number of benzene rings is 1. The van der Waals surface area contributed by atoms with Gasteiger partial charge in [-0.3, -0.25) is 0 Å². The van der Waals surface area contributed by atoms with Gasteiger partial charge in [0.1, 0.15) is 5.75 Å². The molecular formula is C14H14N2O2S. The van der Waals surface area contributed by atoms with Gasteiger partial charge in [0, 0.05) is 11.8 Å². The Bertz CT molecular complexity index is 548. The molecule has 0 N–H and O–H groups in total. The van der Waals surface area contributed by atoms with Crippen molar-refractivity contribution in [3.05, 3.63) is 46.4 Å². The van der Waals surface area contributed by atoms with Crippen LogP contribution in [0.1, 0.15) is 17.1 Å². The number of aromatic nitrogens is 1. The van der Waals surface area contributed by atoms with Crippen LogP contribution in [0.2, 0.25) is 0 Å². The zero-order valence-corrected chi connectivity index (χ0v) is 11.2. The van der Waals surface area contributed by atoms with Crippen molar-refractivity contribution < 1.29 is 9.53 Å². The molecule has 4 nitrogen and oxygen atoms in total. The van der Waals surface area contributed by atoms with E-state index < -0.39 is 0 Å². The second-order valence-corrected chi connectivity index (χ2v) is 4.85. The Morgan fingerprint density at radius 2 is 2.16 bits per heavy atom. The van der Waals surface area contributed by atoms with Gasteiger partial charge in [-0.15, -0.1) is 11.3 Å². The van der Waals surface area contributed by atoms with E-state index in [9.17, 15) is 4.79 Å². The second-order valence-electron chi connectivity index (χ2n) is 3.91. The SMILES string of the molecule is O=C=NCc1csc(CCCOc2ccccc2)n1. The van der Waals surface area contributed by atoms with E-state index in [1.807, 2.05) is 35.7 Å². The molecule has 1 aromatic carbocycles. The summed E-state index contributed by atoms with van der Waals surface area (Å²) < 4.78 is 5.61. The summed E-state index contributed by atoms with van der Waals surface area (Å²) in [6.07, 6.45) is 3.31. The van der Waals surface area contributed by atoms with E-state index in [0.717, 1.165) is 29.3 Å². The van der Waals surface area contributed by atoms with Crippen LogP contribution in [0.4, 0.5) is 0 Å². The predicted octanol–water partition coefficient (Wildman–Crippen LogP) is 2.99. The molecule has 0 aliphatic rings. The van der Waals surface area contributed by atoms with Crippen LogP contribution in [0, 0.1) is 0 Å². The van der Waals surface area contributed by atoms with Gasteiger partial charge < -0.3 is 4.74 Å². The average molecular weight is 274 g/mol. The number of hydrogen-bond acceptors (Lipinski definition) is 5. The van der Waals surface area contributed by atoms with Crippen LogP contribution in [-0.4, -0.2) is 17.7 Å². The fraction of sp³-hybridized carbons (Fsp3) is 0.286. The number of aryl methyl sites for hydroxylation is 1. The molecule has 1 aromatic heterocycles. The van der Waals surface area contributed by atoms with E-state index in [1.54, 1.807) is 11.3 Å². The molecule has 1 heterocycles. The quantitative estimate of drug-likeness (QED) is 0.443. The maximum absolute atomic E-state index is 10.00. The summed E-state index contributed by atoms with van der Waals surface area (Å²) >= 11 is 1.59. The Morgan fingerprint density at radius 3 is 2.95 bits per heavy atom. The van der Waals surface area contributed by atoms with E-state index in [1.165, 1.54) is 6.08 Å². The monoisotopic (exact) mass is 274 g/mol. The molecule has 19 heavy (non-hydrogen) atoms. The maximum Gasteiger partial charge on any atom is 0.235 e. The van der Waals surface area contributed by atoms with Gasteiger partial charge in [0.05, 0.1) is 23.9 Å². The zero-order chi connectivity index (χ0) is 13.3. The molecule has 98 valence electrons. The summed E-state index contributed by atoms with van der Waals surface area (Å²) in [5.41, 5.74) is 0.826. The topological polar surface area (TPSA) is 51.5 Å². The number of carbonyl (C=O) groups excluding carboxylic acids is 1. The minimum atomic E-state index is 0.320. The molecule has 0 aliphatic carbocycles. The molecule has 0 bridgehead atoms. The third-order valence-corrected chi connectivity index (χ3v) is 3.41. The van der Waals surface area contributed by atoms with Gasteiger partial charge in [-0.25, -0.2) is 9.78 Å². The molecule has 5 heteroatoms. The van der Waals surface area contributed by atoms with E-state index >= 15 is 0 Å². The van der Waals surface area contributed by atoms with Gasteiger partial charge in [-0.05, 0) is 18.6 Å². The summed E-state index contributed by atoms with van der Waals surface area (Å²) in [4.78, 5) is 17.9. The summed E-state index contributed by atoms with van der Waals surface area (Å²) in [6.45, 7) is 0.992. The number of para-hydroxylation sites is 1. The smallest absolute Gasteiger partial charge is 0.235 e. The predicted molar refractivity (Wildman–Crippen MR) is 74.2 cm³/mol. The second kappa shape index (κ2) is 7.46. The van der Waals surface area contributed by atoms with Crippen molar-refractivity contribution in [3.8, 4) is 5.75 Å². The first-order chi connectivity index (χ1) is 9.38. The fourth-order valence-corrected chi connectivity index (χ4v) is 2.41. The number of isocyanates is 1. The average Bonchev–Trinajstić information content (AvgIpc) is 2.90. The Morgan fingerprint density at radius 1 is 1.32 bits per heavy atom. The Kier molecular flexibility index (Phi) is 5.29. The van der Waals surface area contributed by atoms with Crippen LogP contribution in [0.3, 0.4) is 0 Å². The number of thiazole rings is 1. The Labute approximate surface area is 115 Å². The van der Waals surface area contributed by atoms with Crippen LogP contribution in [0.25, 0.3) is 0 Å². The molecule has 2 aromatic rings. The summed E-state index contributed by atoms with van der Waals surface area (Å²) in [7, 11) is 0. The summed E-state index contributed by atoms with van der Waals surface area (Å²) in [5, 5.41) is 2.97. The largest absolute Gasteiger partial charge is 0.494 e. The number of hydrogen-bond donors (Lipinski definition) is 0. The molecule has 2 rings (SSSR count). The minimum absolute atomic E-state index is 0.320. The normalized spacial score (nSPS) is 9.89. The molecule has 0 fully saturated rings. The Hall–Kier alpha value is -1.97. The van der Waals surface area contributed by atoms with Crippen LogP contribution >= 0.6 is 11.3 Å². The first-order valence-corrected chi connectivity index (χ1v) is 6.91. The first kappa shape index (κ1) is 13.5. The molecule has 0 saturated heterocycles. The van der Waals surface area contributed by atoms with E-state index in [-0.39, 0.29) is 0 Å². The van der Waals surface area contributed by atoms with Crippen molar-refractivity contribution in [2.75, 3.05) is 6.61 Å². The lowest BCUT2D eigenvalue weighted by atomic mass is 10.3. The van der Waals surface area contributed by atoms with Gasteiger partial charge in [-0.2, -0.15) is 4.99 Å². The molecular weight excluding hydrogens is 260 g/mol. The summed E-state index contributed by atoms with van der Waals surface area (Å²) in [5.74, 6) is 0.891. The highest BCUT2D eigenvalue weighted by atomic mass is 32.1. The van der Waals surface area contributed by atoms with Gasteiger partial charge in [0.2, 0.25) is 6.08 Å². The zero-order valence-electron chi connectivity index (χ0n) is 10.4. The lowest BCUT2D eigenvalue weighted by Gasteiger charge is -2.04. The van der Waals surface area contributed by atoms with Gasteiger partial charge in [0.15, 0.2) is 0 Å². The molecule has 0 radical (unpaired) electrons. The van der Waals surface area contributed by atoms with Gasteiger partial charge in [-0.1, -0.05) is 18.2 Å². The Balaban J connectivity index is 1.71. The van der Waals surface area contributed by atoms with Crippen molar-refractivity contribution in [2.45, 2.75) is 19.4 Å². The molecule has 0 atom stereocenters. The molecule has 0 saturated carbocycles. The van der Waals surface area contributed by atoms with Crippen molar-refractivity contribution in [1.82, 2.24) is 4.98 Å².